The summed E-state index contributed by atoms with van der Waals surface area (Å²) in [6.45, 7) is 0. The molecule has 0 aliphatic carbocycles. The average molecular weight is 353 g/mol. The van der Waals surface area contributed by atoms with Crippen molar-refractivity contribution in [1.29, 1.82) is 0 Å². The van der Waals surface area contributed by atoms with Crippen LogP contribution in [0, 0.1) is 0 Å². The number of benzene rings is 2. The molecule has 0 amide bonds. The minimum atomic E-state index is -4.43. The lowest BCUT2D eigenvalue weighted by atomic mass is 10.1. The van der Waals surface area contributed by atoms with Gasteiger partial charge in [0.2, 0.25) is 0 Å². The number of nitrogen functional groups attached to an aromatic ring is 1. The SMILES string of the molecule is COc1ccc(Cl)cc1Nc1ccc(C(F)(F)F)cc1N.Cl. The zero-order valence-electron chi connectivity index (χ0n) is 11.4. The van der Waals surface area contributed by atoms with Gasteiger partial charge in [0.1, 0.15) is 5.75 Å². The van der Waals surface area contributed by atoms with E-state index < -0.39 is 11.7 Å². The highest BCUT2D eigenvalue weighted by Crippen LogP contribution is 2.36. The van der Waals surface area contributed by atoms with Crippen LogP contribution in [0.25, 0.3) is 0 Å². The molecule has 0 bridgehead atoms. The summed E-state index contributed by atoms with van der Waals surface area (Å²) in [4.78, 5) is 0. The molecule has 2 rings (SSSR count). The molecular weight excluding hydrogens is 340 g/mol. The first-order valence-electron chi connectivity index (χ1n) is 5.88. The van der Waals surface area contributed by atoms with Gasteiger partial charge in [-0.15, -0.1) is 12.4 Å². The third kappa shape index (κ3) is 4.11. The second-order valence-corrected chi connectivity index (χ2v) is 4.71. The number of halogens is 5. The molecule has 3 nitrogen and oxygen atoms in total. The van der Waals surface area contributed by atoms with Crippen LogP contribution in [-0.4, -0.2) is 7.11 Å². The second kappa shape index (κ2) is 6.98. The Bertz CT molecular complexity index is 663. The molecule has 0 radical (unpaired) electrons. The summed E-state index contributed by atoms with van der Waals surface area (Å²) in [5.41, 5.74) is 5.68. The van der Waals surface area contributed by atoms with Crippen LogP contribution in [0.15, 0.2) is 36.4 Å². The first-order chi connectivity index (χ1) is 9.81. The van der Waals surface area contributed by atoms with Gasteiger partial charge in [-0.05, 0) is 36.4 Å². The Morgan fingerprint density at radius 3 is 2.32 bits per heavy atom. The highest BCUT2D eigenvalue weighted by atomic mass is 35.5. The molecular formula is C14H13Cl2F3N2O. The lowest BCUT2D eigenvalue weighted by molar-refractivity contribution is -0.137. The van der Waals surface area contributed by atoms with E-state index in [1.54, 1.807) is 18.2 Å². The molecule has 0 aliphatic rings. The maximum absolute atomic E-state index is 12.6. The molecule has 0 spiro atoms. The maximum Gasteiger partial charge on any atom is 0.416 e. The maximum atomic E-state index is 12.6. The van der Waals surface area contributed by atoms with Crippen LogP contribution in [-0.2, 0) is 6.18 Å². The van der Waals surface area contributed by atoms with E-state index in [1.165, 1.54) is 13.2 Å². The van der Waals surface area contributed by atoms with Gasteiger partial charge in [-0.2, -0.15) is 13.2 Å². The number of rotatable bonds is 3. The van der Waals surface area contributed by atoms with E-state index in [9.17, 15) is 13.2 Å². The monoisotopic (exact) mass is 352 g/mol. The van der Waals surface area contributed by atoms with Crippen LogP contribution in [0.1, 0.15) is 5.56 Å². The summed E-state index contributed by atoms with van der Waals surface area (Å²) < 4.78 is 42.9. The first-order valence-corrected chi connectivity index (χ1v) is 6.26. The third-order valence-corrected chi connectivity index (χ3v) is 3.04. The molecule has 22 heavy (non-hydrogen) atoms. The summed E-state index contributed by atoms with van der Waals surface area (Å²) in [6.07, 6.45) is -4.43. The van der Waals surface area contributed by atoms with Crippen molar-refractivity contribution >= 4 is 41.1 Å². The molecule has 3 N–H and O–H groups in total. The Kier molecular flexibility index (Phi) is 5.79. The van der Waals surface area contributed by atoms with Gasteiger partial charge in [-0.25, -0.2) is 0 Å². The van der Waals surface area contributed by atoms with Gasteiger partial charge in [0.25, 0.3) is 0 Å². The van der Waals surface area contributed by atoms with Gasteiger partial charge in [-0.1, -0.05) is 11.6 Å². The fraction of sp³-hybridized carbons (Fsp3) is 0.143. The summed E-state index contributed by atoms with van der Waals surface area (Å²) in [7, 11) is 1.48. The van der Waals surface area contributed by atoms with Crippen LogP contribution in [0.3, 0.4) is 0 Å². The largest absolute Gasteiger partial charge is 0.495 e. The van der Waals surface area contributed by atoms with Crippen molar-refractivity contribution in [2.24, 2.45) is 0 Å². The Morgan fingerprint density at radius 2 is 1.77 bits per heavy atom. The average Bonchev–Trinajstić information content (AvgIpc) is 2.40. The molecule has 120 valence electrons. The van der Waals surface area contributed by atoms with Gasteiger partial charge >= 0.3 is 6.18 Å². The number of hydrogen-bond acceptors (Lipinski definition) is 3. The molecule has 2 aromatic rings. The van der Waals surface area contributed by atoms with E-state index >= 15 is 0 Å². The minimum absolute atomic E-state index is 0. The molecule has 0 saturated heterocycles. The number of nitrogens with one attached hydrogen (secondary N) is 1. The second-order valence-electron chi connectivity index (χ2n) is 4.27. The van der Waals surface area contributed by atoms with E-state index in [0.29, 0.717) is 22.1 Å². The molecule has 0 atom stereocenters. The van der Waals surface area contributed by atoms with E-state index in [2.05, 4.69) is 5.32 Å². The van der Waals surface area contributed by atoms with Gasteiger partial charge in [0, 0.05) is 5.02 Å². The van der Waals surface area contributed by atoms with Crippen LogP contribution < -0.4 is 15.8 Å². The number of anilines is 3. The van der Waals surface area contributed by atoms with E-state index in [1.807, 2.05) is 0 Å². The van der Waals surface area contributed by atoms with Crippen LogP contribution in [0.2, 0.25) is 5.02 Å². The molecule has 0 heterocycles. The number of alkyl halides is 3. The van der Waals surface area contributed by atoms with Crippen molar-refractivity contribution in [2.75, 3.05) is 18.2 Å². The third-order valence-electron chi connectivity index (χ3n) is 2.81. The minimum Gasteiger partial charge on any atom is -0.495 e. The summed E-state index contributed by atoms with van der Waals surface area (Å²) in [5, 5.41) is 3.37. The zero-order chi connectivity index (χ0) is 15.6. The van der Waals surface area contributed by atoms with E-state index in [4.69, 9.17) is 22.1 Å². The molecule has 2 aromatic carbocycles. The van der Waals surface area contributed by atoms with Crippen molar-refractivity contribution in [1.82, 2.24) is 0 Å². The Hall–Kier alpha value is -1.79. The Labute approximate surface area is 136 Å². The van der Waals surface area contributed by atoms with Gasteiger partial charge in [0.05, 0.1) is 29.7 Å². The first kappa shape index (κ1) is 18.3. The lowest BCUT2D eigenvalue weighted by Crippen LogP contribution is -2.07. The quantitative estimate of drug-likeness (QED) is 0.754. The smallest absolute Gasteiger partial charge is 0.416 e. The highest BCUT2D eigenvalue weighted by Gasteiger charge is 2.30. The molecule has 8 heteroatoms. The summed E-state index contributed by atoms with van der Waals surface area (Å²) >= 11 is 5.89. The topological polar surface area (TPSA) is 47.3 Å². The fourth-order valence-corrected chi connectivity index (χ4v) is 1.95. The van der Waals surface area contributed by atoms with Crippen molar-refractivity contribution < 1.29 is 17.9 Å². The Morgan fingerprint density at radius 1 is 1.09 bits per heavy atom. The van der Waals surface area contributed by atoms with Crippen LogP contribution in [0.5, 0.6) is 5.75 Å². The molecule has 0 unspecified atom stereocenters. The van der Waals surface area contributed by atoms with Crippen molar-refractivity contribution in [3.63, 3.8) is 0 Å². The summed E-state index contributed by atoms with van der Waals surface area (Å²) in [5.74, 6) is 0.499. The van der Waals surface area contributed by atoms with Crippen molar-refractivity contribution in [3.05, 3.63) is 47.0 Å². The number of ether oxygens (including phenoxy) is 1. The molecule has 0 aliphatic heterocycles. The van der Waals surface area contributed by atoms with Crippen LogP contribution in [0.4, 0.5) is 30.2 Å². The number of nitrogens with two attached hydrogens (primary N) is 1. The van der Waals surface area contributed by atoms with Gasteiger partial charge in [0.15, 0.2) is 0 Å². The molecule has 0 aromatic heterocycles. The number of hydrogen-bond donors (Lipinski definition) is 2. The van der Waals surface area contributed by atoms with Crippen molar-refractivity contribution in [3.8, 4) is 5.75 Å². The standard InChI is InChI=1S/C14H12ClF3N2O.ClH/c1-21-13-5-3-9(15)7-12(13)20-11-4-2-8(6-10(11)19)14(16,17)18;/h2-7,20H,19H2,1H3;1H. The summed E-state index contributed by atoms with van der Waals surface area (Å²) in [6, 6.07) is 7.97. The number of methoxy groups -OCH3 is 1. The van der Waals surface area contributed by atoms with Crippen LogP contribution >= 0.6 is 24.0 Å². The predicted octanol–water partition coefficient (Wildman–Crippen LogP) is 5.12. The zero-order valence-corrected chi connectivity index (χ0v) is 12.9. The van der Waals surface area contributed by atoms with Gasteiger partial charge in [-0.3, -0.25) is 0 Å². The fourth-order valence-electron chi connectivity index (χ4n) is 1.78. The van der Waals surface area contributed by atoms with E-state index in [0.717, 1.165) is 12.1 Å². The van der Waals surface area contributed by atoms with Crippen molar-refractivity contribution in [2.45, 2.75) is 6.18 Å². The predicted molar refractivity (Wildman–Crippen MR) is 84.4 cm³/mol. The highest BCUT2D eigenvalue weighted by molar-refractivity contribution is 6.31. The van der Waals surface area contributed by atoms with E-state index in [-0.39, 0.29) is 18.1 Å². The molecule has 0 fully saturated rings. The van der Waals surface area contributed by atoms with Gasteiger partial charge < -0.3 is 15.8 Å². The normalized spacial score (nSPS) is 10.8. The lowest BCUT2D eigenvalue weighted by Gasteiger charge is -2.15. The molecule has 0 saturated carbocycles. The Balaban J connectivity index is 0.00000242.